The number of nitrogens with one attached hydrogen (secondary N) is 1. The fourth-order valence-corrected chi connectivity index (χ4v) is 2.55. The summed E-state index contributed by atoms with van der Waals surface area (Å²) in [5, 5.41) is 12.7. The van der Waals surface area contributed by atoms with Gasteiger partial charge in [-0.1, -0.05) is 23.7 Å². The number of rotatable bonds is 6. The van der Waals surface area contributed by atoms with Gasteiger partial charge in [-0.05, 0) is 24.1 Å². The number of ether oxygens (including phenoxy) is 1. The van der Waals surface area contributed by atoms with Crippen molar-refractivity contribution in [2.24, 2.45) is 0 Å². The van der Waals surface area contributed by atoms with E-state index in [0.29, 0.717) is 31.3 Å². The molecule has 1 fully saturated rings. The first-order chi connectivity index (χ1) is 10.2. The molecule has 1 atom stereocenters. The molecule has 1 heterocycles. The highest BCUT2D eigenvalue weighted by molar-refractivity contribution is 6.30. The highest BCUT2D eigenvalue weighted by Crippen LogP contribution is 2.10. The molecule has 116 valence electrons. The van der Waals surface area contributed by atoms with Crippen LogP contribution >= 0.6 is 11.6 Å². The van der Waals surface area contributed by atoms with Gasteiger partial charge >= 0.3 is 0 Å². The Balaban J connectivity index is 1.67. The van der Waals surface area contributed by atoms with Gasteiger partial charge in [0, 0.05) is 24.7 Å². The van der Waals surface area contributed by atoms with Crippen molar-refractivity contribution in [3.8, 4) is 0 Å². The highest BCUT2D eigenvalue weighted by atomic mass is 35.5. The number of aliphatic hydroxyl groups is 1. The van der Waals surface area contributed by atoms with Gasteiger partial charge in [-0.25, -0.2) is 0 Å². The van der Waals surface area contributed by atoms with Crippen LogP contribution in [0, 0.1) is 0 Å². The largest absolute Gasteiger partial charge is 0.394 e. The molecule has 1 amide bonds. The Bertz CT molecular complexity index is 470. The second kappa shape index (κ2) is 8.34. The van der Waals surface area contributed by atoms with Gasteiger partial charge in [0.25, 0.3) is 0 Å². The van der Waals surface area contributed by atoms with Crippen molar-refractivity contribution < 1.29 is 14.6 Å². The standard InChI is InChI=1S/C15H21ClN2O3/c16-13-3-1-2-12(8-13)4-5-17-15(20)10-18-6-7-21-14(9-18)11-19/h1-3,8,14,19H,4-7,9-11H2,(H,17,20). The topological polar surface area (TPSA) is 61.8 Å². The van der Waals surface area contributed by atoms with E-state index in [9.17, 15) is 4.79 Å². The first-order valence-corrected chi connectivity index (χ1v) is 7.51. The van der Waals surface area contributed by atoms with E-state index in [1.54, 1.807) is 0 Å². The zero-order valence-corrected chi connectivity index (χ0v) is 12.7. The SMILES string of the molecule is O=C(CN1CCOC(CO)C1)NCCc1cccc(Cl)c1. The summed E-state index contributed by atoms with van der Waals surface area (Å²) in [5.41, 5.74) is 1.11. The van der Waals surface area contributed by atoms with E-state index < -0.39 is 0 Å². The molecule has 6 heteroatoms. The van der Waals surface area contributed by atoms with Crippen molar-refractivity contribution >= 4 is 17.5 Å². The number of benzene rings is 1. The highest BCUT2D eigenvalue weighted by Gasteiger charge is 2.21. The fourth-order valence-electron chi connectivity index (χ4n) is 2.33. The molecule has 0 saturated carbocycles. The summed E-state index contributed by atoms with van der Waals surface area (Å²) in [6.45, 7) is 2.80. The van der Waals surface area contributed by atoms with Crippen molar-refractivity contribution in [1.29, 1.82) is 0 Å². The van der Waals surface area contributed by atoms with E-state index in [-0.39, 0.29) is 18.6 Å². The van der Waals surface area contributed by atoms with E-state index in [1.807, 2.05) is 29.2 Å². The molecule has 2 rings (SSSR count). The van der Waals surface area contributed by atoms with Crippen LogP contribution in [0.3, 0.4) is 0 Å². The minimum atomic E-state index is -0.182. The van der Waals surface area contributed by atoms with Crippen molar-refractivity contribution in [3.05, 3.63) is 34.9 Å². The van der Waals surface area contributed by atoms with Crippen LogP contribution < -0.4 is 5.32 Å². The fraction of sp³-hybridized carbons (Fsp3) is 0.533. The second-order valence-corrected chi connectivity index (χ2v) is 5.58. The number of halogens is 1. The Morgan fingerprint density at radius 3 is 3.14 bits per heavy atom. The Morgan fingerprint density at radius 1 is 1.52 bits per heavy atom. The second-order valence-electron chi connectivity index (χ2n) is 5.14. The summed E-state index contributed by atoms with van der Waals surface area (Å²) in [5.74, 6) is -0.00406. The molecule has 0 aliphatic carbocycles. The van der Waals surface area contributed by atoms with Gasteiger partial charge in [-0.3, -0.25) is 9.69 Å². The third kappa shape index (κ3) is 5.63. The lowest BCUT2D eigenvalue weighted by molar-refractivity contribution is -0.124. The molecule has 0 radical (unpaired) electrons. The molecule has 2 N–H and O–H groups in total. The van der Waals surface area contributed by atoms with Crippen molar-refractivity contribution in [3.63, 3.8) is 0 Å². The third-order valence-electron chi connectivity index (χ3n) is 3.42. The van der Waals surface area contributed by atoms with Gasteiger partial charge in [0.1, 0.15) is 0 Å². The van der Waals surface area contributed by atoms with E-state index in [4.69, 9.17) is 21.4 Å². The molecular formula is C15H21ClN2O3. The zero-order valence-electron chi connectivity index (χ0n) is 11.9. The Kier molecular flexibility index (Phi) is 6.45. The monoisotopic (exact) mass is 312 g/mol. The van der Waals surface area contributed by atoms with Crippen LogP contribution in [0.25, 0.3) is 0 Å². The summed E-state index contributed by atoms with van der Waals surface area (Å²) in [6, 6.07) is 7.63. The molecule has 1 aliphatic rings. The lowest BCUT2D eigenvalue weighted by Crippen LogP contribution is -2.48. The van der Waals surface area contributed by atoms with Crippen molar-refractivity contribution in [1.82, 2.24) is 10.2 Å². The summed E-state index contributed by atoms with van der Waals surface area (Å²) in [4.78, 5) is 13.9. The van der Waals surface area contributed by atoms with Crippen LogP contribution in [-0.4, -0.2) is 61.4 Å². The number of nitrogens with zero attached hydrogens (tertiary/aromatic N) is 1. The van der Waals surface area contributed by atoms with Crippen LogP contribution in [0.15, 0.2) is 24.3 Å². The molecule has 1 unspecified atom stereocenters. The van der Waals surface area contributed by atoms with Gasteiger partial charge in [-0.15, -0.1) is 0 Å². The quantitative estimate of drug-likeness (QED) is 0.811. The molecule has 0 spiro atoms. The predicted molar refractivity (Wildman–Crippen MR) is 81.4 cm³/mol. The zero-order chi connectivity index (χ0) is 15.1. The average molecular weight is 313 g/mol. The van der Waals surface area contributed by atoms with Crippen LogP contribution in [0.2, 0.25) is 5.02 Å². The van der Waals surface area contributed by atoms with Crippen LogP contribution in [-0.2, 0) is 16.0 Å². The Hall–Kier alpha value is -1.14. The third-order valence-corrected chi connectivity index (χ3v) is 3.65. The summed E-state index contributed by atoms with van der Waals surface area (Å²) >= 11 is 5.92. The minimum Gasteiger partial charge on any atom is -0.394 e. The first-order valence-electron chi connectivity index (χ1n) is 7.13. The minimum absolute atomic E-state index is 0.00406. The Morgan fingerprint density at radius 2 is 2.38 bits per heavy atom. The normalized spacial score (nSPS) is 19.4. The molecule has 1 aromatic carbocycles. The molecule has 21 heavy (non-hydrogen) atoms. The van der Waals surface area contributed by atoms with Crippen molar-refractivity contribution in [2.75, 3.05) is 39.4 Å². The lowest BCUT2D eigenvalue weighted by Gasteiger charge is -2.31. The predicted octanol–water partition coefficient (Wildman–Crippen LogP) is 0.692. The maximum atomic E-state index is 11.9. The van der Waals surface area contributed by atoms with E-state index in [2.05, 4.69) is 5.32 Å². The van der Waals surface area contributed by atoms with E-state index in [0.717, 1.165) is 18.5 Å². The van der Waals surface area contributed by atoms with E-state index >= 15 is 0 Å². The van der Waals surface area contributed by atoms with Crippen LogP contribution in [0.4, 0.5) is 0 Å². The average Bonchev–Trinajstić information content (AvgIpc) is 2.47. The number of morpholine rings is 1. The van der Waals surface area contributed by atoms with Gasteiger partial charge in [-0.2, -0.15) is 0 Å². The summed E-state index contributed by atoms with van der Waals surface area (Å²) in [6.07, 6.45) is 0.576. The molecular weight excluding hydrogens is 292 g/mol. The van der Waals surface area contributed by atoms with Crippen LogP contribution in [0.5, 0.6) is 0 Å². The number of carbonyl (C=O) groups is 1. The van der Waals surface area contributed by atoms with Gasteiger partial charge in [0.05, 0.1) is 25.9 Å². The molecule has 1 aliphatic heterocycles. The van der Waals surface area contributed by atoms with Gasteiger partial charge in [0.15, 0.2) is 0 Å². The summed E-state index contributed by atoms with van der Waals surface area (Å²) in [7, 11) is 0. The van der Waals surface area contributed by atoms with Gasteiger partial charge < -0.3 is 15.2 Å². The summed E-state index contributed by atoms with van der Waals surface area (Å²) < 4.78 is 5.35. The van der Waals surface area contributed by atoms with Crippen LogP contribution in [0.1, 0.15) is 5.56 Å². The first kappa shape index (κ1) is 16.2. The van der Waals surface area contributed by atoms with Gasteiger partial charge in [0.2, 0.25) is 5.91 Å². The smallest absolute Gasteiger partial charge is 0.234 e. The maximum absolute atomic E-state index is 11.9. The number of carbonyl (C=O) groups excluding carboxylic acids is 1. The molecule has 0 bridgehead atoms. The lowest BCUT2D eigenvalue weighted by atomic mass is 10.1. The van der Waals surface area contributed by atoms with Crippen molar-refractivity contribution in [2.45, 2.75) is 12.5 Å². The maximum Gasteiger partial charge on any atom is 0.234 e. The number of aliphatic hydroxyl groups excluding tert-OH is 1. The molecule has 0 aromatic heterocycles. The number of hydrogen-bond acceptors (Lipinski definition) is 4. The van der Waals surface area contributed by atoms with E-state index in [1.165, 1.54) is 0 Å². The Labute approximate surface area is 129 Å². The molecule has 1 saturated heterocycles. The molecule has 5 nitrogen and oxygen atoms in total. The number of amides is 1. The number of hydrogen-bond donors (Lipinski definition) is 2. The molecule has 1 aromatic rings.